The van der Waals surface area contributed by atoms with Crippen LogP contribution >= 0.6 is 0 Å². The van der Waals surface area contributed by atoms with Crippen molar-refractivity contribution in [2.75, 3.05) is 19.5 Å². The number of nitrogens with one attached hydrogen (secondary N) is 1. The number of unbranched alkanes of at least 4 members (excludes halogenated alkanes) is 1. The predicted octanol–water partition coefficient (Wildman–Crippen LogP) is 3.61. The maximum atomic E-state index is 14.6. The van der Waals surface area contributed by atoms with E-state index in [-0.39, 0.29) is 23.7 Å². The van der Waals surface area contributed by atoms with Gasteiger partial charge in [-0.3, -0.25) is 4.79 Å². The van der Waals surface area contributed by atoms with Crippen LogP contribution in [-0.4, -0.2) is 24.6 Å². The van der Waals surface area contributed by atoms with E-state index in [9.17, 15) is 9.18 Å². The topological polar surface area (TPSA) is 86.5 Å². The first-order valence-corrected chi connectivity index (χ1v) is 9.10. The van der Waals surface area contributed by atoms with Gasteiger partial charge in [0.05, 0.1) is 24.5 Å². The second kappa shape index (κ2) is 11.0. The molecule has 0 spiro atoms. The summed E-state index contributed by atoms with van der Waals surface area (Å²) >= 11 is 0. The van der Waals surface area contributed by atoms with Crippen LogP contribution in [0.15, 0.2) is 42.5 Å². The minimum absolute atomic E-state index is 0.0136. The molecule has 0 saturated heterocycles. The fraction of sp³-hybridized carbons (Fsp3) is 0.333. The van der Waals surface area contributed by atoms with E-state index >= 15 is 0 Å². The molecule has 0 aliphatic rings. The molecule has 3 N–H and O–H groups in total. The number of amides is 1. The molecule has 0 atom stereocenters. The molecule has 150 valence electrons. The molecule has 2 aromatic rings. The lowest BCUT2D eigenvalue weighted by molar-refractivity contribution is 0.0951. The Morgan fingerprint density at radius 3 is 2.86 bits per heavy atom. The van der Waals surface area contributed by atoms with E-state index in [1.165, 1.54) is 0 Å². The number of hydrogen-bond acceptors (Lipinski definition) is 5. The summed E-state index contributed by atoms with van der Waals surface area (Å²) in [6.07, 6.45) is 5.69. The Hall–Kier alpha value is -2.93. The Bertz CT molecular complexity index is 825. The molecule has 1 heterocycles. The van der Waals surface area contributed by atoms with Crippen molar-refractivity contribution in [2.45, 2.75) is 32.9 Å². The van der Waals surface area contributed by atoms with Crippen molar-refractivity contribution < 1.29 is 18.7 Å². The smallest absolute Gasteiger partial charge is 0.255 e. The van der Waals surface area contributed by atoms with Crippen molar-refractivity contribution in [3.8, 4) is 5.75 Å². The van der Waals surface area contributed by atoms with Crippen LogP contribution in [-0.2, 0) is 17.9 Å². The number of hydrogen-bond donors (Lipinski definition) is 2. The number of rotatable bonds is 10. The molecule has 2 rings (SSSR count). The maximum absolute atomic E-state index is 14.6. The van der Waals surface area contributed by atoms with Gasteiger partial charge >= 0.3 is 0 Å². The van der Waals surface area contributed by atoms with E-state index in [2.05, 4.69) is 10.3 Å². The number of allylic oxidation sites excluding steroid dienone is 2. The SMILES string of the molecule is CC=CCCCOc1cccc(CNC(=O)c2ccc(COC)nc2N)c1F. The van der Waals surface area contributed by atoms with Crippen molar-refractivity contribution in [3.05, 3.63) is 65.1 Å². The Morgan fingerprint density at radius 2 is 2.14 bits per heavy atom. The Kier molecular flexibility index (Phi) is 8.42. The lowest BCUT2D eigenvalue weighted by Gasteiger charge is -2.12. The summed E-state index contributed by atoms with van der Waals surface area (Å²) in [4.78, 5) is 16.5. The second-order valence-electron chi connectivity index (χ2n) is 6.14. The molecule has 0 aliphatic carbocycles. The normalized spacial score (nSPS) is 11.0. The molecular formula is C21H26FN3O3. The average Bonchev–Trinajstić information content (AvgIpc) is 2.68. The molecule has 0 bridgehead atoms. The third-order valence-corrected chi connectivity index (χ3v) is 4.01. The van der Waals surface area contributed by atoms with Crippen LogP contribution in [0.1, 0.15) is 41.4 Å². The van der Waals surface area contributed by atoms with Gasteiger partial charge in [-0.15, -0.1) is 0 Å². The number of carbonyl (C=O) groups is 1. The maximum Gasteiger partial charge on any atom is 0.255 e. The van der Waals surface area contributed by atoms with Gasteiger partial charge in [-0.25, -0.2) is 9.37 Å². The summed E-state index contributed by atoms with van der Waals surface area (Å²) in [6.45, 7) is 2.70. The number of anilines is 1. The van der Waals surface area contributed by atoms with Gasteiger partial charge in [0.2, 0.25) is 0 Å². The van der Waals surface area contributed by atoms with Gasteiger partial charge in [0.15, 0.2) is 11.6 Å². The standard InChI is InChI=1S/C21H26FN3O3/c1-3-4-5-6-12-28-18-9-7-8-15(19(18)22)13-24-21(26)17-11-10-16(14-27-2)25-20(17)23/h3-4,7-11H,5-6,12-14H2,1-2H3,(H2,23,25)(H,24,26). The van der Waals surface area contributed by atoms with Crippen LogP contribution in [0.2, 0.25) is 0 Å². The average molecular weight is 387 g/mol. The van der Waals surface area contributed by atoms with Crippen LogP contribution in [0.25, 0.3) is 0 Å². The van der Waals surface area contributed by atoms with Crippen molar-refractivity contribution in [2.24, 2.45) is 0 Å². The number of nitrogens with zero attached hydrogens (tertiary/aromatic N) is 1. The van der Waals surface area contributed by atoms with Gasteiger partial charge in [-0.05, 0) is 38.0 Å². The fourth-order valence-electron chi connectivity index (χ4n) is 2.56. The molecule has 0 radical (unpaired) electrons. The molecule has 0 fully saturated rings. The molecular weight excluding hydrogens is 361 g/mol. The van der Waals surface area contributed by atoms with Gasteiger partial charge in [0.25, 0.3) is 5.91 Å². The van der Waals surface area contributed by atoms with Gasteiger partial charge in [0, 0.05) is 19.2 Å². The fourth-order valence-corrected chi connectivity index (χ4v) is 2.56. The molecule has 1 aromatic heterocycles. The summed E-state index contributed by atoms with van der Waals surface area (Å²) in [5.41, 5.74) is 7.03. The third kappa shape index (κ3) is 6.06. The molecule has 7 heteroatoms. The van der Waals surface area contributed by atoms with E-state index < -0.39 is 11.7 Å². The van der Waals surface area contributed by atoms with E-state index in [1.807, 2.05) is 19.1 Å². The first-order valence-electron chi connectivity index (χ1n) is 9.10. The summed E-state index contributed by atoms with van der Waals surface area (Å²) in [6, 6.07) is 8.11. The van der Waals surface area contributed by atoms with E-state index in [1.54, 1.807) is 37.4 Å². The zero-order valence-electron chi connectivity index (χ0n) is 16.2. The van der Waals surface area contributed by atoms with Crippen LogP contribution < -0.4 is 15.8 Å². The molecule has 6 nitrogen and oxygen atoms in total. The first kappa shape index (κ1) is 21.4. The van der Waals surface area contributed by atoms with Gasteiger partial charge in [-0.1, -0.05) is 24.3 Å². The molecule has 28 heavy (non-hydrogen) atoms. The van der Waals surface area contributed by atoms with Crippen LogP contribution in [0.4, 0.5) is 10.2 Å². The number of halogens is 1. The number of pyridine rings is 1. The Balaban J connectivity index is 1.96. The van der Waals surface area contributed by atoms with E-state index in [0.29, 0.717) is 24.5 Å². The number of benzene rings is 1. The first-order chi connectivity index (χ1) is 13.6. The number of aromatic nitrogens is 1. The number of ether oxygens (including phenoxy) is 2. The minimum Gasteiger partial charge on any atom is -0.490 e. The molecule has 0 unspecified atom stereocenters. The van der Waals surface area contributed by atoms with Gasteiger partial charge in [-0.2, -0.15) is 0 Å². The van der Waals surface area contributed by atoms with Crippen molar-refractivity contribution in [3.63, 3.8) is 0 Å². The van der Waals surface area contributed by atoms with Crippen molar-refractivity contribution >= 4 is 11.7 Å². The van der Waals surface area contributed by atoms with E-state index in [0.717, 1.165) is 12.8 Å². The third-order valence-electron chi connectivity index (χ3n) is 4.01. The Morgan fingerprint density at radius 1 is 1.32 bits per heavy atom. The van der Waals surface area contributed by atoms with Crippen LogP contribution in [0.5, 0.6) is 5.75 Å². The summed E-state index contributed by atoms with van der Waals surface area (Å²) in [5.74, 6) is -0.621. The highest BCUT2D eigenvalue weighted by Gasteiger charge is 2.14. The largest absolute Gasteiger partial charge is 0.490 e. The highest BCUT2D eigenvalue weighted by atomic mass is 19.1. The molecule has 0 saturated carbocycles. The summed E-state index contributed by atoms with van der Waals surface area (Å²) in [5, 5.41) is 2.66. The lowest BCUT2D eigenvalue weighted by atomic mass is 10.1. The summed E-state index contributed by atoms with van der Waals surface area (Å²) in [7, 11) is 1.55. The highest BCUT2D eigenvalue weighted by Crippen LogP contribution is 2.21. The van der Waals surface area contributed by atoms with Crippen LogP contribution in [0, 0.1) is 5.82 Å². The van der Waals surface area contributed by atoms with Crippen LogP contribution in [0.3, 0.4) is 0 Å². The summed E-state index contributed by atoms with van der Waals surface area (Å²) < 4.78 is 25.1. The number of carbonyl (C=O) groups excluding carboxylic acids is 1. The van der Waals surface area contributed by atoms with E-state index in [4.69, 9.17) is 15.2 Å². The van der Waals surface area contributed by atoms with Crippen molar-refractivity contribution in [1.29, 1.82) is 0 Å². The quantitative estimate of drug-likeness (QED) is 0.480. The van der Waals surface area contributed by atoms with Gasteiger partial charge < -0.3 is 20.5 Å². The minimum atomic E-state index is -0.477. The zero-order valence-corrected chi connectivity index (χ0v) is 16.2. The van der Waals surface area contributed by atoms with Crippen molar-refractivity contribution in [1.82, 2.24) is 10.3 Å². The number of nitrogens with two attached hydrogens (primary N) is 1. The molecule has 1 aromatic carbocycles. The number of nitrogen functional groups attached to an aromatic ring is 1. The Labute approximate surface area is 164 Å². The zero-order chi connectivity index (χ0) is 20.4. The lowest BCUT2D eigenvalue weighted by Crippen LogP contribution is -2.25. The molecule has 1 amide bonds. The van der Waals surface area contributed by atoms with Gasteiger partial charge in [0.1, 0.15) is 5.82 Å². The monoisotopic (exact) mass is 387 g/mol. The predicted molar refractivity (Wildman–Crippen MR) is 106 cm³/mol. The highest BCUT2D eigenvalue weighted by molar-refractivity contribution is 5.98. The second-order valence-corrected chi connectivity index (χ2v) is 6.14. The number of methoxy groups -OCH3 is 1. The molecule has 0 aliphatic heterocycles.